The summed E-state index contributed by atoms with van der Waals surface area (Å²) in [6.45, 7) is 5.45. The molecule has 2 aliphatic heterocycles. The topological polar surface area (TPSA) is 106 Å². The van der Waals surface area contributed by atoms with Gasteiger partial charge in [0.05, 0.1) is 25.4 Å². The first kappa shape index (κ1) is 28.2. The van der Waals surface area contributed by atoms with E-state index in [1.165, 1.54) is 6.08 Å². The van der Waals surface area contributed by atoms with Gasteiger partial charge in [-0.3, -0.25) is 10.2 Å². The third-order valence-electron chi connectivity index (χ3n) is 5.34. The number of rotatable bonds is 11. The predicted octanol–water partition coefficient (Wildman–Crippen LogP) is 5.05. The van der Waals surface area contributed by atoms with Gasteiger partial charge in [0, 0.05) is 0 Å². The molecular weight excluding hydrogens is 537 g/mol. The summed E-state index contributed by atoms with van der Waals surface area (Å²) < 4.78 is 61.8. The van der Waals surface area contributed by atoms with Gasteiger partial charge in [-0.15, -0.1) is 0 Å². The number of fused-ring (bicyclic) bond motifs is 1. The van der Waals surface area contributed by atoms with E-state index in [2.05, 4.69) is 10.1 Å². The minimum absolute atomic E-state index is 0.200. The molecule has 2 aromatic rings. The van der Waals surface area contributed by atoms with Crippen molar-refractivity contribution in [2.24, 2.45) is 10.1 Å². The highest BCUT2D eigenvalue weighted by molar-refractivity contribution is 8.27. The number of nitrogens with one attached hydrogen (secondary N) is 1. The van der Waals surface area contributed by atoms with Gasteiger partial charge in [0.1, 0.15) is 19.0 Å². The highest BCUT2D eigenvalue weighted by Crippen LogP contribution is 2.36. The number of para-hydroxylation sites is 1. The molecule has 4 rings (SSSR count). The molecule has 0 atom stereocenters. The Kier molecular flexibility index (Phi) is 8.92. The maximum atomic E-state index is 13.0. The van der Waals surface area contributed by atoms with Crippen LogP contribution in [0.1, 0.15) is 18.1 Å². The predicted molar refractivity (Wildman–Crippen MR) is 142 cm³/mol. The number of alkyl halides is 3. The zero-order valence-electron chi connectivity index (χ0n) is 21.1. The van der Waals surface area contributed by atoms with Crippen LogP contribution in [0.25, 0.3) is 6.08 Å². The zero-order valence-corrected chi connectivity index (χ0v) is 21.9. The molecule has 0 spiro atoms. The van der Waals surface area contributed by atoms with E-state index in [0.717, 1.165) is 11.3 Å². The van der Waals surface area contributed by atoms with Gasteiger partial charge in [-0.05, 0) is 61.0 Å². The van der Waals surface area contributed by atoms with Crippen molar-refractivity contribution in [1.82, 2.24) is 5.01 Å². The molecule has 2 heterocycles. The van der Waals surface area contributed by atoms with Crippen LogP contribution in [0.2, 0.25) is 0 Å². The smallest absolute Gasteiger partial charge is 0.441 e. The Morgan fingerprint density at radius 2 is 1.72 bits per heavy atom. The quantitative estimate of drug-likeness (QED) is 0.302. The third-order valence-corrected chi connectivity index (χ3v) is 6.29. The van der Waals surface area contributed by atoms with Gasteiger partial charge in [-0.2, -0.15) is 28.3 Å². The highest BCUT2D eigenvalue weighted by atomic mass is 32.2. The minimum Gasteiger partial charge on any atom is -0.491 e. The lowest BCUT2D eigenvalue weighted by molar-refractivity contribution is -0.114. The number of aryl methyl sites for hydroxylation is 1. The van der Waals surface area contributed by atoms with Crippen LogP contribution in [0.5, 0.6) is 17.2 Å². The van der Waals surface area contributed by atoms with Crippen molar-refractivity contribution < 1.29 is 36.9 Å². The summed E-state index contributed by atoms with van der Waals surface area (Å²) in [4.78, 5) is 16.2. The number of carbonyl (C=O) groups is 1. The molecule has 9 nitrogen and oxygen atoms in total. The number of thioether (sulfide) groups is 1. The van der Waals surface area contributed by atoms with Crippen LogP contribution in [0.4, 0.5) is 13.2 Å². The molecule has 0 aliphatic carbocycles. The lowest BCUT2D eigenvalue weighted by Crippen LogP contribution is -2.35. The van der Waals surface area contributed by atoms with Crippen molar-refractivity contribution in [3.63, 3.8) is 0 Å². The summed E-state index contributed by atoms with van der Waals surface area (Å²) in [7, 11) is 0. The number of hydrazone groups is 1. The van der Waals surface area contributed by atoms with E-state index in [0.29, 0.717) is 48.5 Å². The average Bonchev–Trinajstić information content (AvgIpc) is 3.33. The third kappa shape index (κ3) is 6.98. The fourth-order valence-electron chi connectivity index (χ4n) is 3.52. The molecule has 0 radical (unpaired) electrons. The largest absolute Gasteiger partial charge is 0.491 e. The lowest BCUT2D eigenvalue weighted by atomic mass is 10.1. The van der Waals surface area contributed by atoms with Crippen LogP contribution in [-0.2, 0) is 9.53 Å². The summed E-state index contributed by atoms with van der Waals surface area (Å²) in [6, 6.07) is 12.6. The Morgan fingerprint density at radius 3 is 2.41 bits per heavy atom. The van der Waals surface area contributed by atoms with E-state index in [1.807, 2.05) is 31.2 Å². The molecule has 2 aromatic carbocycles. The van der Waals surface area contributed by atoms with Crippen LogP contribution in [0, 0.1) is 12.3 Å². The molecule has 206 valence electrons. The molecule has 2 aliphatic rings. The van der Waals surface area contributed by atoms with Crippen LogP contribution in [0.15, 0.2) is 58.1 Å². The zero-order chi connectivity index (χ0) is 28.0. The summed E-state index contributed by atoms with van der Waals surface area (Å²) >= 11 is 0.200. The molecule has 39 heavy (non-hydrogen) atoms. The normalized spacial score (nSPS) is 16.2. The van der Waals surface area contributed by atoms with E-state index in [9.17, 15) is 18.0 Å². The van der Waals surface area contributed by atoms with Crippen molar-refractivity contribution >= 4 is 39.8 Å². The van der Waals surface area contributed by atoms with Crippen LogP contribution < -0.4 is 14.2 Å². The Hall–Kier alpha value is -3.84. The van der Waals surface area contributed by atoms with E-state index in [1.54, 1.807) is 25.1 Å². The molecular formula is C26H25F3N4O5S. The molecule has 13 heteroatoms. The standard InChI is InChI=1S/C26H25F3N4O5S/c1-3-36-21-15-17(14-18-22(30)33-25(31-23(18)34)39-24(32-33)26(27,28)29)8-9-20(21)38-13-11-35-10-12-37-19-7-5-4-6-16(19)2/h4-9,14-15,30H,3,10-13H2,1-2H3. The van der Waals surface area contributed by atoms with Gasteiger partial charge >= 0.3 is 6.18 Å². The number of halogens is 3. The van der Waals surface area contributed by atoms with Crippen LogP contribution in [-0.4, -0.2) is 66.2 Å². The number of hydrogen-bond acceptors (Lipinski definition) is 8. The maximum Gasteiger partial charge on any atom is 0.441 e. The van der Waals surface area contributed by atoms with Crippen molar-refractivity contribution in [3.05, 3.63) is 59.2 Å². The lowest BCUT2D eigenvalue weighted by Gasteiger charge is -2.20. The van der Waals surface area contributed by atoms with Gasteiger partial charge in [0.15, 0.2) is 17.3 Å². The van der Waals surface area contributed by atoms with Gasteiger partial charge in [0.25, 0.3) is 5.91 Å². The number of amidine groups is 2. The molecule has 0 saturated heterocycles. The number of benzene rings is 2. The number of nitrogens with zero attached hydrogens (tertiary/aromatic N) is 3. The Balaban J connectivity index is 1.35. The Morgan fingerprint density at radius 1 is 1.00 bits per heavy atom. The summed E-state index contributed by atoms with van der Waals surface area (Å²) in [6.07, 6.45) is -3.36. The number of aliphatic imine (C=N–C) groups is 1. The van der Waals surface area contributed by atoms with Crippen molar-refractivity contribution in [1.29, 1.82) is 5.41 Å². The molecule has 0 aromatic heterocycles. The molecule has 1 amide bonds. The van der Waals surface area contributed by atoms with Gasteiger partial charge in [-0.1, -0.05) is 24.3 Å². The Bertz CT molecular complexity index is 1340. The average molecular weight is 563 g/mol. The maximum absolute atomic E-state index is 13.0. The van der Waals surface area contributed by atoms with Gasteiger partial charge in [0.2, 0.25) is 10.2 Å². The van der Waals surface area contributed by atoms with E-state index in [-0.39, 0.29) is 29.1 Å². The van der Waals surface area contributed by atoms with E-state index >= 15 is 0 Å². The molecule has 1 N–H and O–H groups in total. The minimum atomic E-state index is -4.71. The van der Waals surface area contributed by atoms with Gasteiger partial charge in [-0.25, -0.2) is 0 Å². The molecule has 0 unspecified atom stereocenters. The molecule has 0 saturated carbocycles. The van der Waals surface area contributed by atoms with Gasteiger partial charge < -0.3 is 18.9 Å². The number of carbonyl (C=O) groups excluding carboxylic acids is 1. The van der Waals surface area contributed by atoms with Crippen molar-refractivity contribution in [2.45, 2.75) is 20.0 Å². The fourth-order valence-corrected chi connectivity index (χ4v) is 4.28. The SMILES string of the molecule is CCOc1cc(C=C2C(=N)N3N=C(C(F)(F)F)SC3=NC2=O)ccc1OCCOCCOc1ccccc1C. The van der Waals surface area contributed by atoms with E-state index < -0.39 is 23.0 Å². The van der Waals surface area contributed by atoms with Crippen LogP contribution in [0.3, 0.4) is 0 Å². The first-order valence-corrected chi connectivity index (χ1v) is 12.7. The fraction of sp³-hybridized carbons (Fsp3) is 0.308. The number of hydrogen-bond donors (Lipinski definition) is 1. The Labute approximate surface area is 226 Å². The second-order valence-corrected chi connectivity index (χ2v) is 9.09. The first-order valence-electron chi connectivity index (χ1n) is 11.9. The van der Waals surface area contributed by atoms with Crippen molar-refractivity contribution in [2.75, 3.05) is 33.0 Å². The number of ether oxygens (including phenoxy) is 4. The summed E-state index contributed by atoms with van der Waals surface area (Å²) in [5, 5.41) is 10.8. The van der Waals surface area contributed by atoms with E-state index in [4.69, 9.17) is 24.4 Å². The van der Waals surface area contributed by atoms with Crippen molar-refractivity contribution in [3.8, 4) is 17.2 Å². The first-order chi connectivity index (χ1) is 18.7. The monoisotopic (exact) mass is 562 g/mol. The molecule has 0 bridgehead atoms. The molecule has 0 fully saturated rings. The summed E-state index contributed by atoms with van der Waals surface area (Å²) in [5.41, 5.74) is 1.31. The number of amides is 1. The summed E-state index contributed by atoms with van der Waals surface area (Å²) in [5.74, 6) is 0.310. The second-order valence-electron chi connectivity index (χ2n) is 8.14. The van der Waals surface area contributed by atoms with Crippen LogP contribution >= 0.6 is 11.8 Å². The highest BCUT2D eigenvalue weighted by Gasteiger charge is 2.46. The second kappa shape index (κ2) is 12.3.